The molecule has 5 nitrogen and oxygen atoms in total. The molecule has 0 amide bonds. The lowest BCUT2D eigenvalue weighted by Crippen LogP contribution is -2.13. The van der Waals surface area contributed by atoms with Gasteiger partial charge in [0.15, 0.2) is 0 Å². The van der Waals surface area contributed by atoms with Gasteiger partial charge in [0.25, 0.3) is 5.56 Å². The lowest BCUT2D eigenvalue weighted by atomic mass is 10.2. The minimum atomic E-state index is -0.397. The fraction of sp³-hybridized carbons (Fsp3) is 0.500. The molecule has 0 bridgehead atoms. The second-order valence-electron chi connectivity index (χ2n) is 5.30. The number of hydrogen-bond donors (Lipinski definition) is 1. The zero-order chi connectivity index (χ0) is 15.0. The predicted molar refractivity (Wildman–Crippen MR) is 79.6 cm³/mol. The van der Waals surface area contributed by atoms with Gasteiger partial charge in [-0.2, -0.15) is 0 Å². The van der Waals surface area contributed by atoms with Crippen molar-refractivity contribution in [2.24, 2.45) is 0 Å². The highest BCUT2D eigenvalue weighted by molar-refractivity contribution is 7.20. The van der Waals surface area contributed by atoms with Gasteiger partial charge >= 0.3 is 5.97 Å². The Morgan fingerprint density at radius 3 is 2.50 bits per heavy atom. The minimum absolute atomic E-state index is 0.126. The maximum atomic E-state index is 12.1. The van der Waals surface area contributed by atoms with E-state index in [-0.39, 0.29) is 17.6 Å². The quantitative estimate of drug-likeness (QED) is 0.883. The third kappa shape index (κ3) is 2.60. The molecule has 6 heteroatoms. The molecule has 0 saturated heterocycles. The van der Waals surface area contributed by atoms with Crippen molar-refractivity contribution in [1.82, 2.24) is 9.97 Å². The van der Waals surface area contributed by atoms with Crippen LogP contribution in [0.15, 0.2) is 4.79 Å². The average Bonchev–Trinajstić information content (AvgIpc) is 2.66. The Hall–Kier alpha value is -1.69. The summed E-state index contributed by atoms with van der Waals surface area (Å²) in [5.41, 5.74) is 0.441. The van der Waals surface area contributed by atoms with Crippen molar-refractivity contribution in [2.75, 3.05) is 0 Å². The number of H-pyrrole nitrogens is 1. The van der Waals surface area contributed by atoms with E-state index in [9.17, 15) is 9.59 Å². The summed E-state index contributed by atoms with van der Waals surface area (Å²) in [5, 5.41) is 0.482. The molecule has 0 saturated carbocycles. The van der Waals surface area contributed by atoms with Crippen LogP contribution in [-0.2, 0) is 4.74 Å². The summed E-state index contributed by atoms with van der Waals surface area (Å²) in [6, 6.07) is 0. The number of aromatic nitrogens is 2. The number of rotatable bonds is 3. The van der Waals surface area contributed by atoms with Crippen LogP contribution in [0.25, 0.3) is 10.2 Å². The van der Waals surface area contributed by atoms with Crippen LogP contribution in [0.2, 0.25) is 0 Å². The molecule has 108 valence electrons. The monoisotopic (exact) mass is 294 g/mol. The minimum Gasteiger partial charge on any atom is -0.459 e. The van der Waals surface area contributed by atoms with Gasteiger partial charge in [-0.3, -0.25) is 4.79 Å². The molecule has 0 aromatic carbocycles. The molecule has 0 spiro atoms. The van der Waals surface area contributed by atoms with E-state index >= 15 is 0 Å². The van der Waals surface area contributed by atoms with E-state index in [0.29, 0.717) is 26.5 Å². The van der Waals surface area contributed by atoms with E-state index in [2.05, 4.69) is 9.97 Å². The second kappa shape index (κ2) is 5.36. The third-order valence-electron chi connectivity index (χ3n) is 2.89. The first-order valence-electron chi connectivity index (χ1n) is 6.55. The van der Waals surface area contributed by atoms with E-state index in [1.54, 1.807) is 20.8 Å². The van der Waals surface area contributed by atoms with Crippen molar-refractivity contribution in [1.29, 1.82) is 0 Å². The highest BCUT2D eigenvalue weighted by Crippen LogP contribution is 2.28. The van der Waals surface area contributed by atoms with Crippen LogP contribution in [-0.4, -0.2) is 22.0 Å². The van der Waals surface area contributed by atoms with Gasteiger partial charge in [0.2, 0.25) is 0 Å². The van der Waals surface area contributed by atoms with E-state index in [1.165, 1.54) is 11.3 Å². The van der Waals surface area contributed by atoms with Crippen LogP contribution < -0.4 is 5.56 Å². The van der Waals surface area contributed by atoms with Gasteiger partial charge in [-0.1, -0.05) is 13.8 Å². The Morgan fingerprint density at radius 2 is 1.95 bits per heavy atom. The van der Waals surface area contributed by atoms with Crippen molar-refractivity contribution >= 4 is 27.5 Å². The summed E-state index contributed by atoms with van der Waals surface area (Å²) in [4.78, 5) is 32.4. The van der Waals surface area contributed by atoms with Crippen molar-refractivity contribution in [3.63, 3.8) is 0 Å². The van der Waals surface area contributed by atoms with Gasteiger partial charge in [-0.15, -0.1) is 11.3 Å². The first-order chi connectivity index (χ1) is 9.31. The summed E-state index contributed by atoms with van der Waals surface area (Å²) in [7, 11) is 0. The lowest BCUT2D eigenvalue weighted by Gasteiger charge is -2.06. The van der Waals surface area contributed by atoms with Crippen molar-refractivity contribution < 1.29 is 9.53 Å². The molecule has 1 N–H and O–H groups in total. The Balaban J connectivity index is 2.60. The molecule has 2 rings (SSSR count). The van der Waals surface area contributed by atoms with Crippen molar-refractivity contribution in [2.45, 2.75) is 46.6 Å². The number of fused-ring (bicyclic) bond motifs is 1. The number of carbonyl (C=O) groups is 1. The van der Waals surface area contributed by atoms with Crippen LogP contribution >= 0.6 is 11.3 Å². The number of ether oxygens (including phenoxy) is 1. The van der Waals surface area contributed by atoms with Gasteiger partial charge in [-0.25, -0.2) is 9.78 Å². The molecule has 0 aliphatic carbocycles. The number of hydrogen-bond acceptors (Lipinski definition) is 5. The lowest BCUT2D eigenvalue weighted by molar-refractivity contribution is 0.0383. The highest BCUT2D eigenvalue weighted by atomic mass is 32.1. The van der Waals surface area contributed by atoms with E-state index in [4.69, 9.17) is 4.74 Å². The van der Waals surface area contributed by atoms with Crippen LogP contribution in [0.3, 0.4) is 0 Å². The number of aryl methyl sites for hydroxylation is 1. The summed E-state index contributed by atoms with van der Waals surface area (Å²) in [6.07, 6.45) is -0.190. The first-order valence-corrected chi connectivity index (χ1v) is 7.37. The summed E-state index contributed by atoms with van der Waals surface area (Å²) >= 11 is 1.21. The maximum Gasteiger partial charge on any atom is 0.348 e. The number of carbonyl (C=O) groups excluding carboxylic acids is 1. The largest absolute Gasteiger partial charge is 0.459 e. The fourth-order valence-electron chi connectivity index (χ4n) is 1.90. The molecule has 0 aliphatic rings. The average molecular weight is 294 g/mol. The van der Waals surface area contributed by atoms with Gasteiger partial charge in [0.1, 0.15) is 15.5 Å². The summed E-state index contributed by atoms with van der Waals surface area (Å²) < 4.78 is 5.20. The highest BCUT2D eigenvalue weighted by Gasteiger charge is 2.21. The van der Waals surface area contributed by atoms with Gasteiger partial charge < -0.3 is 9.72 Å². The predicted octanol–water partition coefficient (Wildman–Crippen LogP) is 2.98. The first kappa shape index (κ1) is 14.7. The molecular formula is C14H18N2O3S. The Bertz CT molecular complexity index is 713. The standard InChI is InChI=1S/C14H18N2O3S/c1-6(2)11-15-12(17)9-8(5)10(20-13(9)16-11)14(18)19-7(3)4/h6-7H,1-5H3,(H,15,16,17). The summed E-state index contributed by atoms with van der Waals surface area (Å²) in [5.74, 6) is 0.360. The molecule has 20 heavy (non-hydrogen) atoms. The molecular weight excluding hydrogens is 276 g/mol. The molecule has 2 aromatic heterocycles. The van der Waals surface area contributed by atoms with Gasteiger partial charge in [0, 0.05) is 5.92 Å². The van der Waals surface area contributed by atoms with E-state index < -0.39 is 5.97 Å². The topological polar surface area (TPSA) is 72.0 Å². The molecule has 2 heterocycles. The van der Waals surface area contributed by atoms with E-state index in [1.807, 2.05) is 13.8 Å². The number of nitrogens with zero attached hydrogens (tertiary/aromatic N) is 1. The SMILES string of the molecule is Cc1c(C(=O)OC(C)C)sc2nc(C(C)C)[nH]c(=O)c12. The van der Waals surface area contributed by atoms with Crippen molar-refractivity contribution in [3.8, 4) is 0 Å². The van der Waals surface area contributed by atoms with Crippen LogP contribution in [0, 0.1) is 6.92 Å². The Kier molecular flexibility index (Phi) is 3.94. The Morgan fingerprint density at radius 1 is 1.30 bits per heavy atom. The maximum absolute atomic E-state index is 12.1. The zero-order valence-corrected chi connectivity index (χ0v) is 13.1. The molecule has 0 unspecified atom stereocenters. The molecule has 0 atom stereocenters. The van der Waals surface area contributed by atoms with E-state index in [0.717, 1.165) is 0 Å². The molecule has 0 fully saturated rings. The van der Waals surface area contributed by atoms with Crippen molar-refractivity contribution in [3.05, 3.63) is 26.6 Å². The summed E-state index contributed by atoms with van der Waals surface area (Å²) in [6.45, 7) is 9.25. The zero-order valence-electron chi connectivity index (χ0n) is 12.2. The number of esters is 1. The van der Waals surface area contributed by atoms with Gasteiger partial charge in [-0.05, 0) is 26.3 Å². The number of nitrogens with one attached hydrogen (secondary N) is 1. The van der Waals surface area contributed by atoms with Crippen LogP contribution in [0.1, 0.15) is 54.7 Å². The van der Waals surface area contributed by atoms with Gasteiger partial charge in [0.05, 0.1) is 11.5 Å². The number of aromatic amines is 1. The number of thiophene rings is 1. The van der Waals surface area contributed by atoms with Crippen LogP contribution in [0.5, 0.6) is 0 Å². The molecule has 2 aromatic rings. The fourth-order valence-corrected chi connectivity index (χ4v) is 2.97. The smallest absolute Gasteiger partial charge is 0.348 e. The normalized spacial score (nSPS) is 11.6. The Labute approximate surface area is 121 Å². The molecule has 0 radical (unpaired) electrons. The third-order valence-corrected chi connectivity index (χ3v) is 4.06. The van der Waals surface area contributed by atoms with Crippen LogP contribution in [0.4, 0.5) is 0 Å². The molecule has 0 aliphatic heterocycles. The second-order valence-corrected chi connectivity index (χ2v) is 6.30.